The van der Waals surface area contributed by atoms with Crippen molar-refractivity contribution >= 4 is 23.5 Å². The van der Waals surface area contributed by atoms with E-state index in [1.807, 2.05) is 6.92 Å². The molecule has 22 heavy (non-hydrogen) atoms. The van der Waals surface area contributed by atoms with Crippen LogP contribution < -0.4 is 5.32 Å². The number of nitrogens with zero attached hydrogens (tertiary/aromatic N) is 1. The Kier molecular flexibility index (Phi) is 7.08. The molecule has 0 aromatic heterocycles. The van der Waals surface area contributed by atoms with Gasteiger partial charge in [0, 0.05) is 19.2 Å². The average molecular weight is 306 g/mol. The molecule has 0 unspecified atom stereocenters. The Morgan fingerprint density at radius 1 is 1.27 bits per heavy atom. The van der Waals surface area contributed by atoms with Crippen molar-refractivity contribution in [3.8, 4) is 0 Å². The van der Waals surface area contributed by atoms with Gasteiger partial charge in [0.25, 0.3) is 0 Å². The minimum Gasteiger partial charge on any atom is -0.465 e. The van der Waals surface area contributed by atoms with E-state index in [9.17, 15) is 14.4 Å². The van der Waals surface area contributed by atoms with Gasteiger partial charge in [-0.1, -0.05) is 19.4 Å². The van der Waals surface area contributed by atoms with Crippen molar-refractivity contribution in [2.24, 2.45) is 0 Å². The first-order chi connectivity index (χ1) is 10.5. The van der Waals surface area contributed by atoms with Crippen LogP contribution in [0.4, 0.5) is 5.69 Å². The summed E-state index contributed by atoms with van der Waals surface area (Å²) in [5, 5.41) is 2.68. The van der Waals surface area contributed by atoms with Crippen molar-refractivity contribution in [2.75, 3.05) is 25.5 Å². The lowest BCUT2D eigenvalue weighted by molar-refractivity contribution is -0.132. The Bertz CT molecular complexity index is 543. The number of amides is 2. The van der Waals surface area contributed by atoms with Crippen LogP contribution in [0.15, 0.2) is 24.3 Å². The number of rotatable bonds is 7. The molecule has 0 fully saturated rings. The van der Waals surface area contributed by atoms with E-state index in [4.69, 9.17) is 0 Å². The zero-order valence-corrected chi connectivity index (χ0v) is 13.2. The smallest absolute Gasteiger partial charge is 0.337 e. The van der Waals surface area contributed by atoms with Crippen molar-refractivity contribution < 1.29 is 19.1 Å². The number of unbranched alkanes of at least 4 members (excludes halogenated alkanes) is 1. The summed E-state index contributed by atoms with van der Waals surface area (Å²) in [7, 11) is 1.30. The standard InChI is InChI=1S/C16H22N2O4/c1-4-5-9-18(12(2)19)11-15(20)17-14-8-6-7-13(10-14)16(21)22-3/h6-8,10H,4-5,9,11H2,1-3H3,(H,17,20). The fraction of sp³-hybridized carbons (Fsp3) is 0.438. The van der Waals surface area contributed by atoms with E-state index in [0.717, 1.165) is 12.8 Å². The highest BCUT2D eigenvalue weighted by Gasteiger charge is 2.14. The lowest BCUT2D eigenvalue weighted by Crippen LogP contribution is -2.37. The van der Waals surface area contributed by atoms with Gasteiger partial charge in [0.05, 0.1) is 19.2 Å². The number of hydrogen-bond acceptors (Lipinski definition) is 4. The van der Waals surface area contributed by atoms with Crippen molar-refractivity contribution in [1.29, 1.82) is 0 Å². The number of esters is 1. The van der Waals surface area contributed by atoms with E-state index < -0.39 is 5.97 Å². The zero-order valence-electron chi connectivity index (χ0n) is 13.2. The van der Waals surface area contributed by atoms with E-state index in [1.165, 1.54) is 25.0 Å². The molecule has 0 bridgehead atoms. The molecule has 0 radical (unpaired) electrons. The van der Waals surface area contributed by atoms with Crippen LogP contribution in [0.2, 0.25) is 0 Å². The highest BCUT2D eigenvalue weighted by molar-refractivity contribution is 5.96. The number of anilines is 1. The van der Waals surface area contributed by atoms with Crippen LogP contribution in [0.25, 0.3) is 0 Å². The molecule has 1 aromatic carbocycles. The number of carbonyl (C=O) groups is 3. The van der Waals surface area contributed by atoms with Gasteiger partial charge in [0.1, 0.15) is 0 Å². The zero-order chi connectivity index (χ0) is 16.5. The fourth-order valence-corrected chi connectivity index (χ4v) is 1.91. The minimum atomic E-state index is -0.468. The topological polar surface area (TPSA) is 75.7 Å². The van der Waals surface area contributed by atoms with Gasteiger partial charge in [-0.05, 0) is 24.6 Å². The van der Waals surface area contributed by atoms with Crippen molar-refractivity contribution in [3.05, 3.63) is 29.8 Å². The lowest BCUT2D eigenvalue weighted by atomic mass is 10.2. The molecule has 2 amide bonds. The molecule has 0 atom stereocenters. The second-order valence-electron chi connectivity index (χ2n) is 4.91. The second-order valence-corrected chi connectivity index (χ2v) is 4.91. The first kappa shape index (κ1) is 17.7. The molecule has 0 heterocycles. The molecule has 120 valence electrons. The summed E-state index contributed by atoms with van der Waals surface area (Å²) in [6.45, 7) is 4.02. The van der Waals surface area contributed by atoms with E-state index in [-0.39, 0.29) is 18.4 Å². The summed E-state index contributed by atoms with van der Waals surface area (Å²) in [5.74, 6) is -0.898. The van der Waals surface area contributed by atoms with Crippen molar-refractivity contribution in [2.45, 2.75) is 26.7 Å². The molecule has 0 aliphatic carbocycles. The highest BCUT2D eigenvalue weighted by Crippen LogP contribution is 2.11. The van der Waals surface area contributed by atoms with E-state index in [0.29, 0.717) is 17.8 Å². The maximum absolute atomic E-state index is 12.0. The Labute approximate surface area is 130 Å². The Balaban J connectivity index is 2.67. The van der Waals surface area contributed by atoms with Gasteiger partial charge in [-0.3, -0.25) is 9.59 Å². The van der Waals surface area contributed by atoms with Crippen LogP contribution in [-0.2, 0) is 14.3 Å². The maximum atomic E-state index is 12.0. The van der Waals surface area contributed by atoms with Crippen molar-refractivity contribution in [3.63, 3.8) is 0 Å². The lowest BCUT2D eigenvalue weighted by Gasteiger charge is -2.20. The Morgan fingerprint density at radius 2 is 2.00 bits per heavy atom. The van der Waals surface area contributed by atoms with Crippen LogP contribution >= 0.6 is 0 Å². The Hall–Kier alpha value is -2.37. The number of methoxy groups -OCH3 is 1. The van der Waals surface area contributed by atoms with E-state index in [2.05, 4.69) is 10.1 Å². The molecule has 0 aliphatic heterocycles. The molecule has 1 N–H and O–H groups in total. The number of hydrogen-bond donors (Lipinski definition) is 1. The number of ether oxygens (including phenoxy) is 1. The monoisotopic (exact) mass is 306 g/mol. The van der Waals surface area contributed by atoms with Gasteiger partial charge >= 0.3 is 5.97 Å². The third-order valence-corrected chi connectivity index (χ3v) is 3.13. The normalized spacial score (nSPS) is 9.95. The predicted molar refractivity (Wildman–Crippen MR) is 83.6 cm³/mol. The van der Waals surface area contributed by atoms with E-state index in [1.54, 1.807) is 18.2 Å². The molecule has 1 aromatic rings. The predicted octanol–water partition coefficient (Wildman–Crippen LogP) is 2.06. The van der Waals surface area contributed by atoms with Crippen LogP contribution in [0.3, 0.4) is 0 Å². The van der Waals surface area contributed by atoms with Gasteiger partial charge in [-0.25, -0.2) is 4.79 Å². The molecule has 6 nitrogen and oxygen atoms in total. The second kappa shape index (κ2) is 8.81. The number of carbonyl (C=O) groups excluding carboxylic acids is 3. The molecule has 0 aliphatic rings. The van der Waals surface area contributed by atoms with Gasteiger partial charge in [0.2, 0.25) is 11.8 Å². The third-order valence-electron chi connectivity index (χ3n) is 3.13. The van der Waals surface area contributed by atoms with Crippen LogP contribution in [0.1, 0.15) is 37.0 Å². The molecule has 0 spiro atoms. The summed E-state index contributed by atoms with van der Waals surface area (Å²) in [6, 6.07) is 6.47. The maximum Gasteiger partial charge on any atom is 0.337 e. The molecule has 0 saturated carbocycles. The van der Waals surface area contributed by atoms with Crippen LogP contribution in [-0.4, -0.2) is 42.9 Å². The molecular weight excluding hydrogens is 284 g/mol. The Morgan fingerprint density at radius 3 is 2.59 bits per heavy atom. The van der Waals surface area contributed by atoms with Gasteiger partial charge in [0.15, 0.2) is 0 Å². The molecular formula is C16H22N2O4. The highest BCUT2D eigenvalue weighted by atomic mass is 16.5. The van der Waals surface area contributed by atoms with Gasteiger partial charge in [-0.2, -0.15) is 0 Å². The van der Waals surface area contributed by atoms with Crippen LogP contribution in [0, 0.1) is 0 Å². The number of benzene rings is 1. The average Bonchev–Trinajstić information content (AvgIpc) is 2.50. The summed E-state index contributed by atoms with van der Waals surface area (Å²) in [5.41, 5.74) is 0.849. The first-order valence-corrected chi connectivity index (χ1v) is 7.21. The minimum absolute atomic E-state index is 0.00220. The molecule has 6 heteroatoms. The summed E-state index contributed by atoms with van der Waals surface area (Å²) in [6.07, 6.45) is 1.80. The largest absolute Gasteiger partial charge is 0.465 e. The van der Waals surface area contributed by atoms with Crippen LogP contribution in [0.5, 0.6) is 0 Å². The summed E-state index contributed by atoms with van der Waals surface area (Å²) >= 11 is 0. The van der Waals surface area contributed by atoms with Crippen molar-refractivity contribution in [1.82, 2.24) is 4.90 Å². The molecule has 0 saturated heterocycles. The number of nitrogens with one attached hydrogen (secondary N) is 1. The summed E-state index contributed by atoms with van der Waals surface area (Å²) in [4.78, 5) is 36.5. The first-order valence-electron chi connectivity index (χ1n) is 7.21. The SMILES string of the molecule is CCCCN(CC(=O)Nc1cccc(C(=O)OC)c1)C(C)=O. The quantitative estimate of drug-likeness (QED) is 0.782. The summed E-state index contributed by atoms with van der Waals surface area (Å²) < 4.78 is 4.63. The molecule has 1 rings (SSSR count). The third kappa shape index (κ3) is 5.55. The van der Waals surface area contributed by atoms with E-state index >= 15 is 0 Å². The van der Waals surface area contributed by atoms with Gasteiger partial charge in [-0.15, -0.1) is 0 Å². The fourth-order valence-electron chi connectivity index (χ4n) is 1.91. The van der Waals surface area contributed by atoms with Gasteiger partial charge < -0.3 is 15.0 Å².